The number of hydrogen-bond acceptors (Lipinski definition) is 19. The summed E-state index contributed by atoms with van der Waals surface area (Å²) in [5.41, 5.74) is 18.1. The molecule has 0 radical (unpaired) electrons. The smallest absolute Gasteiger partial charge is 0.308 e. The number of nitrogens with zero attached hydrogens (tertiary/aromatic N) is 6. The molecule has 0 heterocycles. The van der Waals surface area contributed by atoms with Crippen LogP contribution in [0.3, 0.4) is 0 Å². The van der Waals surface area contributed by atoms with Crippen LogP contribution in [0.25, 0.3) is 20.9 Å². The van der Waals surface area contributed by atoms with Crippen LogP contribution >= 0.6 is 0 Å². The molecule has 6 atom stereocenters. The summed E-state index contributed by atoms with van der Waals surface area (Å²) in [6.45, 7) is 17.5. The molecule has 32 nitrogen and oxygen atoms in total. The largest absolute Gasteiger partial charge is 0.508 e. The van der Waals surface area contributed by atoms with E-state index in [0.29, 0.717) is 17.9 Å². The third kappa shape index (κ3) is 39.8. The third-order valence-electron chi connectivity index (χ3n) is 13.1. The maximum atomic E-state index is 13.7. The van der Waals surface area contributed by atoms with Gasteiger partial charge in [-0.05, 0) is 97.5 Å². The number of carboxylic acids is 1. The molecule has 0 saturated heterocycles. The van der Waals surface area contributed by atoms with Crippen molar-refractivity contribution in [2.45, 2.75) is 149 Å². The van der Waals surface area contributed by atoms with Gasteiger partial charge in [0.15, 0.2) is 0 Å². The summed E-state index contributed by atoms with van der Waals surface area (Å²) in [7, 11) is 0. The molecule has 3 aromatic rings. The molecule has 10 N–H and O–H groups in total. The number of hydrogen-bond donors (Lipinski definition) is 10. The quantitative estimate of drug-likeness (QED) is 0.0126. The van der Waals surface area contributed by atoms with E-state index in [1.54, 1.807) is 57.2 Å². The van der Waals surface area contributed by atoms with Gasteiger partial charge in [-0.25, -0.2) is 0 Å². The van der Waals surface area contributed by atoms with Gasteiger partial charge in [-0.3, -0.25) is 47.9 Å². The zero-order valence-electron chi connectivity index (χ0n) is 56.7. The number of ether oxygens (including phenoxy) is 6. The highest BCUT2D eigenvalue weighted by atomic mass is 16.6. The van der Waals surface area contributed by atoms with Gasteiger partial charge in [-0.15, -0.1) is 0 Å². The van der Waals surface area contributed by atoms with E-state index in [0.717, 1.165) is 11.1 Å². The van der Waals surface area contributed by atoms with E-state index in [4.69, 9.17) is 39.5 Å². The molecule has 3 rings (SSSR count). The molecule has 0 fully saturated rings. The lowest BCUT2D eigenvalue weighted by molar-refractivity contribution is -0.156. The molecule has 0 unspecified atom stereocenters. The lowest BCUT2D eigenvalue weighted by Gasteiger charge is -2.27. The molecule has 0 aromatic heterocycles. The summed E-state index contributed by atoms with van der Waals surface area (Å²) >= 11 is 0. The molecular formula is C65H96N14O18. The number of azide groups is 2. The average molecular weight is 1360 g/mol. The maximum absolute atomic E-state index is 13.7. The second-order valence-corrected chi connectivity index (χ2v) is 23.8. The van der Waals surface area contributed by atoms with Crippen molar-refractivity contribution in [1.82, 2.24) is 42.5 Å². The summed E-state index contributed by atoms with van der Waals surface area (Å²) in [5, 5.41) is 46.3. The van der Waals surface area contributed by atoms with Gasteiger partial charge in [0.2, 0.25) is 47.3 Å². The molecule has 0 bridgehead atoms. The standard InChI is InChI=1S/C38H55N7O9.C27H41N7O9/c1-26(2)22-31(43-37(50)32(42-27(3)46)23-28-12-14-30(15-13-28)53-25-29-10-8-7-9-11-29)36(49)44-33(24-34(47)54-38(4,5)6)35(48)40-16-18-51-20-21-52-19-17-41-45-39;1-17(2)14-21(32-27(41)22(31-18(3)35)15-19-4-6-20(36)7-5-19)26(40)33-23(16-24(37)38)25(39)29-8-10-42-12-13-43-11-9-30-34-28/h7-15,26,31-33H,16-25H2,1-6H3,(H,40,48)(H,42,46)(H,43,50)(H,44,49);4-7,17,21-23,36H,8-16H2,1-3H3,(H,29,39)(H,31,35)(H,32,41)(H,33,40)(H,37,38)/t31-,32+,33+;21-,22+,23+/m11/s1. The molecule has 534 valence electrons. The Bertz CT molecular complexity index is 3030. The Balaban J connectivity index is 0.000000678. The van der Waals surface area contributed by atoms with E-state index in [1.807, 2.05) is 58.0 Å². The van der Waals surface area contributed by atoms with Gasteiger partial charge in [0.25, 0.3) is 0 Å². The lowest BCUT2D eigenvalue weighted by atomic mass is 10.0. The number of phenols is 1. The van der Waals surface area contributed by atoms with Crippen LogP contribution in [-0.4, -0.2) is 190 Å². The molecule has 0 aliphatic carbocycles. The number of carboxylic acid groups (broad SMARTS) is 1. The highest BCUT2D eigenvalue weighted by molar-refractivity contribution is 5.97. The van der Waals surface area contributed by atoms with Crippen LogP contribution in [0.4, 0.5) is 0 Å². The van der Waals surface area contributed by atoms with Crippen LogP contribution in [0.2, 0.25) is 0 Å². The van der Waals surface area contributed by atoms with Gasteiger partial charge in [-0.1, -0.05) is 92.5 Å². The second kappa shape index (κ2) is 47.3. The van der Waals surface area contributed by atoms with Crippen molar-refractivity contribution in [3.63, 3.8) is 0 Å². The van der Waals surface area contributed by atoms with Gasteiger partial charge < -0.3 is 81.2 Å². The fourth-order valence-electron chi connectivity index (χ4n) is 8.80. The summed E-state index contributed by atoms with van der Waals surface area (Å²) in [6, 6.07) is 15.9. The van der Waals surface area contributed by atoms with Crippen molar-refractivity contribution < 1.29 is 86.6 Å². The third-order valence-corrected chi connectivity index (χ3v) is 13.1. The summed E-state index contributed by atoms with van der Waals surface area (Å²) < 4.78 is 32.5. The molecule has 8 amide bonds. The van der Waals surface area contributed by atoms with E-state index in [9.17, 15) is 58.2 Å². The molecule has 0 aliphatic heterocycles. The Kier molecular flexibility index (Phi) is 40.8. The fraction of sp³-hybridized carbons (Fsp3) is 0.569. The number of aliphatic carboxylic acids is 1. The molecule has 0 aliphatic rings. The van der Waals surface area contributed by atoms with E-state index < -0.39 is 114 Å². The van der Waals surface area contributed by atoms with E-state index in [1.165, 1.54) is 26.0 Å². The molecule has 0 spiro atoms. The first kappa shape index (κ1) is 83.5. The van der Waals surface area contributed by atoms with Crippen LogP contribution < -0.4 is 47.3 Å². The summed E-state index contributed by atoms with van der Waals surface area (Å²) in [5.74, 6) is -6.46. The Morgan fingerprint density at radius 2 is 0.876 bits per heavy atom. The molecule has 3 aromatic carbocycles. The van der Waals surface area contributed by atoms with Gasteiger partial charge >= 0.3 is 11.9 Å². The van der Waals surface area contributed by atoms with Gasteiger partial charge in [0, 0.05) is 62.7 Å². The summed E-state index contributed by atoms with van der Waals surface area (Å²) in [4.78, 5) is 133. The van der Waals surface area contributed by atoms with Gasteiger partial charge in [0.05, 0.1) is 65.7 Å². The van der Waals surface area contributed by atoms with Crippen LogP contribution in [-0.2, 0) is 91.1 Å². The van der Waals surface area contributed by atoms with Crippen LogP contribution in [0.15, 0.2) is 89.1 Å². The minimum Gasteiger partial charge on any atom is -0.508 e. The van der Waals surface area contributed by atoms with Crippen LogP contribution in [0.1, 0.15) is 105 Å². The number of esters is 1. The fourth-order valence-corrected chi connectivity index (χ4v) is 8.80. The Hall–Kier alpha value is -9.58. The van der Waals surface area contributed by atoms with Crippen LogP contribution in [0, 0.1) is 11.8 Å². The Labute approximate surface area is 564 Å². The average Bonchev–Trinajstić information content (AvgIpc) is 0.899. The molecule has 0 saturated carbocycles. The van der Waals surface area contributed by atoms with E-state index in [-0.39, 0.29) is 122 Å². The predicted octanol–water partition coefficient (Wildman–Crippen LogP) is 3.91. The highest BCUT2D eigenvalue weighted by Crippen LogP contribution is 2.18. The first-order chi connectivity index (χ1) is 46.1. The number of aromatic hydroxyl groups is 1. The highest BCUT2D eigenvalue weighted by Gasteiger charge is 2.34. The molecule has 97 heavy (non-hydrogen) atoms. The van der Waals surface area contributed by atoms with Crippen molar-refractivity contribution in [2.24, 2.45) is 22.1 Å². The first-order valence-electron chi connectivity index (χ1n) is 31.7. The normalized spacial score (nSPS) is 12.7. The minimum atomic E-state index is -1.43. The minimum absolute atomic E-state index is 0.0331. The number of phenolic OH excluding ortho intramolecular Hbond substituents is 1. The number of carbonyl (C=O) groups is 10. The number of benzene rings is 3. The summed E-state index contributed by atoms with van der Waals surface area (Å²) in [6.07, 6.45) is -0.573. The number of rotatable bonds is 45. The van der Waals surface area contributed by atoms with Crippen LogP contribution in [0.5, 0.6) is 11.5 Å². The zero-order valence-corrected chi connectivity index (χ0v) is 56.7. The number of carbonyl (C=O) groups excluding carboxylic acids is 9. The SMILES string of the molecule is CC(=O)N[C@@H](Cc1ccc(O)cc1)C(=O)N[C@H](CC(C)C)C(=O)N[C@@H](CC(=O)O)C(=O)NCCOCCOCCN=[N+]=[N-].CC(=O)N[C@@H](Cc1ccc(OCc2ccccc2)cc1)C(=O)N[C@H](CC(C)C)C(=O)N[C@@H](CC(=O)OC(C)(C)C)C(=O)NCCOCCOCCN=[N+]=[N-]. The maximum Gasteiger partial charge on any atom is 0.308 e. The molecule has 32 heteroatoms. The van der Waals surface area contributed by atoms with Crippen molar-refractivity contribution in [1.29, 1.82) is 0 Å². The van der Waals surface area contributed by atoms with Crippen molar-refractivity contribution in [3.8, 4) is 11.5 Å². The Morgan fingerprint density at radius 3 is 1.27 bits per heavy atom. The van der Waals surface area contributed by atoms with Gasteiger partial charge in [-0.2, -0.15) is 0 Å². The van der Waals surface area contributed by atoms with E-state index in [2.05, 4.69) is 62.6 Å². The van der Waals surface area contributed by atoms with Crippen molar-refractivity contribution in [3.05, 3.63) is 116 Å². The molecular weight excluding hydrogens is 1260 g/mol. The van der Waals surface area contributed by atoms with Crippen molar-refractivity contribution in [2.75, 3.05) is 79.0 Å². The Morgan fingerprint density at radius 1 is 0.485 bits per heavy atom. The topological polar surface area (TPSA) is 460 Å². The number of nitrogens with one attached hydrogen (secondary N) is 8. The number of amides is 8. The van der Waals surface area contributed by atoms with Gasteiger partial charge in [0.1, 0.15) is 60.0 Å². The second-order valence-electron chi connectivity index (χ2n) is 23.8. The van der Waals surface area contributed by atoms with E-state index >= 15 is 0 Å². The zero-order chi connectivity index (χ0) is 72.1. The lowest BCUT2D eigenvalue weighted by Crippen LogP contribution is -2.57. The van der Waals surface area contributed by atoms with Crippen molar-refractivity contribution >= 4 is 59.2 Å². The first-order valence-corrected chi connectivity index (χ1v) is 31.7. The predicted molar refractivity (Wildman–Crippen MR) is 355 cm³/mol. The monoisotopic (exact) mass is 1360 g/mol.